The maximum Gasteiger partial charge on any atom is 0.407 e. The fourth-order valence-electron chi connectivity index (χ4n) is 4.88. The minimum Gasteiger partial charge on any atom is -0.489 e. The highest BCUT2D eigenvalue weighted by Crippen LogP contribution is 2.34. The number of nitrogens with one attached hydrogen (secondary N) is 3. The second-order valence-corrected chi connectivity index (χ2v) is 13.4. The normalized spacial score (nSPS) is 11.6. The zero-order valence-electron chi connectivity index (χ0n) is 28.4. The summed E-state index contributed by atoms with van der Waals surface area (Å²) < 4.78 is 23.1. The maximum atomic E-state index is 12.3. The van der Waals surface area contributed by atoms with Crippen LogP contribution in [0.15, 0.2) is 71.1 Å². The first kappa shape index (κ1) is 35.8. The largest absolute Gasteiger partial charge is 0.489 e. The average Bonchev–Trinajstić information content (AvgIpc) is 3.40. The van der Waals surface area contributed by atoms with Crippen molar-refractivity contribution in [2.75, 3.05) is 13.1 Å². The standard InChI is InChI=1S/C37H45N3O8/c1-36(2,3)47-34(43)39-15-14-38-22-29-19-28-17-25(23-45-31-13-8-7-11-27(31)20-32(41)42)18-30(33(28)46-29)26-12-9-10-24(16-26)21-40-35(44)48-37(4,5)6/h7-13,16-19,38H,14-15,20-23H2,1-6H3,(H,39,43)(H,40,44)(H,41,42). The molecule has 1 aromatic heterocycles. The van der Waals surface area contributed by atoms with Gasteiger partial charge in [-0.3, -0.25) is 4.79 Å². The summed E-state index contributed by atoms with van der Waals surface area (Å²) in [5.74, 6) is 0.279. The molecule has 0 saturated carbocycles. The Kier molecular flexibility index (Phi) is 11.7. The van der Waals surface area contributed by atoms with Crippen molar-refractivity contribution in [1.82, 2.24) is 16.0 Å². The number of carboxylic acids is 1. The summed E-state index contributed by atoms with van der Waals surface area (Å²) in [6, 6.07) is 20.9. The molecule has 0 radical (unpaired) electrons. The van der Waals surface area contributed by atoms with Crippen LogP contribution in [-0.2, 0) is 40.4 Å². The van der Waals surface area contributed by atoms with E-state index in [1.54, 1.807) is 18.2 Å². The van der Waals surface area contributed by atoms with Gasteiger partial charge in [-0.05, 0) is 88.6 Å². The van der Waals surface area contributed by atoms with Crippen molar-refractivity contribution >= 4 is 29.1 Å². The van der Waals surface area contributed by atoms with Crippen molar-refractivity contribution in [3.8, 4) is 16.9 Å². The van der Waals surface area contributed by atoms with Gasteiger partial charge in [0.25, 0.3) is 0 Å². The van der Waals surface area contributed by atoms with Gasteiger partial charge in [0.2, 0.25) is 0 Å². The molecule has 0 aliphatic rings. The van der Waals surface area contributed by atoms with Crippen molar-refractivity contribution in [3.05, 3.63) is 89.2 Å². The minimum atomic E-state index is -0.934. The summed E-state index contributed by atoms with van der Waals surface area (Å²) in [5, 5.41) is 19.0. The van der Waals surface area contributed by atoms with E-state index in [-0.39, 0.29) is 19.6 Å². The number of furan rings is 1. The maximum absolute atomic E-state index is 12.3. The molecule has 1 heterocycles. The lowest BCUT2D eigenvalue weighted by Crippen LogP contribution is -2.36. The molecule has 0 fully saturated rings. The Morgan fingerprint density at radius 3 is 2.19 bits per heavy atom. The number of para-hydroxylation sites is 1. The van der Waals surface area contributed by atoms with Crippen molar-refractivity contribution in [2.24, 2.45) is 0 Å². The lowest BCUT2D eigenvalue weighted by Gasteiger charge is -2.19. The zero-order chi connectivity index (χ0) is 34.9. The van der Waals surface area contributed by atoms with Crippen LogP contribution in [0, 0.1) is 0 Å². The predicted octanol–water partition coefficient (Wildman–Crippen LogP) is 6.94. The number of benzene rings is 3. The number of carboxylic acid groups (broad SMARTS) is 1. The third kappa shape index (κ3) is 11.3. The van der Waals surface area contributed by atoms with E-state index in [1.807, 2.05) is 90.1 Å². The highest BCUT2D eigenvalue weighted by Gasteiger charge is 2.18. The van der Waals surface area contributed by atoms with Crippen LogP contribution < -0.4 is 20.7 Å². The van der Waals surface area contributed by atoms with Crippen LogP contribution in [0.3, 0.4) is 0 Å². The van der Waals surface area contributed by atoms with Gasteiger partial charge in [0.05, 0.1) is 13.0 Å². The SMILES string of the molecule is CC(C)(C)OC(=O)NCCNCc1cc2cc(COc3ccccc3CC(=O)O)cc(-c3cccc(CNC(=O)OC(C)(C)C)c3)c2o1. The van der Waals surface area contributed by atoms with E-state index in [4.69, 9.17) is 18.6 Å². The van der Waals surface area contributed by atoms with E-state index in [2.05, 4.69) is 16.0 Å². The Balaban J connectivity index is 1.55. The first-order valence-electron chi connectivity index (χ1n) is 15.9. The van der Waals surface area contributed by atoms with E-state index in [9.17, 15) is 19.5 Å². The Hall–Kier alpha value is -5.03. The molecule has 4 aromatic rings. The Morgan fingerprint density at radius 2 is 1.48 bits per heavy atom. The number of amides is 2. The number of aliphatic carboxylic acids is 1. The third-order valence-electron chi connectivity index (χ3n) is 6.78. The van der Waals surface area contributed by atoms with Crippen LogP contribution in [0.2, 0.25) is 0 Å². The van der Waals surface area contributed by atoms with Gasteiger partial charge in [-0.1, -0.05) is 36.4 Å². The van der Waals surface area contributed by atoms with Crippen LogP contribution in [0.5, 0.6) is 5.75 Å². The number of carbonyl (C=O) groups is 3. The van der Waals surface area contributed by atoms with Gasteiger partial charge in [0.1, 0.15) is 34.9 Å². The fourth-order valence-corrected chi connectivity index (χ4v) is 4.88. The zero-order valence-corrected chi connectivity index (χ0v) is 28.4. The van der Waals surface area contributed by atoms with E-state index in [0.717, 1.165) is 27.6 Å². The molecule has 0 atom stereocenters. The Morgan fingerprint density at radius 1 is 0.771 bits per heavy atom. The van der Waals surface area contributed by atoms with E-state index in [0.29, 0.717) is 42.3 Å². The molecule has 0 saturated heterocycles. The molecule has 0 bridgehead atoms. The summed E-state index contributed by atoms with van der Waals surface area (Å²) in [7, 11) is 0. The molecule has 3 aromatic carbocycles. The molecule has 4 rings (SSSR count). The van der Waals surface area contributed by atoms with Crippen LogP contribution in [0.4, 0.5) is 9.59 Å². The topological polar surface area (TPSA) is 148 Å². The molecular weight excluding hydrogens is 614 g/mol. The van der Waals surface area contributed by atoms with Gasteiger partial charge in [0.15, 0.2) is 0 Å². The molecule has 11 nitrogen and oxygen atoms in total. The molecule has 2 amide bonds. The van der Waals surface area contributed by atoms with Crippen LogP contribution >= 0.6 is 0 Å². The quantitative estimate of drug-likeness (QED) is 0.112. The first-order chi connectivity index (χ1) is 22.6. The van der Waals surface area contributed by atoms with Gasteiger partial charge in [-0.15, -0.1) is 0 Å². The second-order valence-electron chi connectivity index (χ2n) is 13.4. The molecular formula is C37H45N3O8. The number of alkyl carbamates (subject to hydrolysis) is 2. The number of hydrogen-bond donors (Lipinski definition) is 4. The molecule has 256 valence electrons. The van der Waals surface area contributed by atoms with Gasteiger partial charge in [-0.2, -0.15) is 0 Å². The van der Waals surface area contributed by atoms with Gasteiger partial charge in [-0.25, -0.2) is 9.59 Å². The number of carbonyl (C=O) groups excluding carboxylic acids is 2. The average molecular weight is 660 g/mol. The summed E-state index contributed by atoms with van der Waals surface area (Å²) in [5.41, 5.74) is 3.57. The van der Waals surface area contributed by atoms with Crippen LogP contribution in [0.1, 0.15) is 64.0 Å². The van der Waals surface area contributed by atoms with E-state index in [1.165, 1.54) is 0 Å². The summed E-state index contributed by atoms with van der Waals surface area (Å²) in [6.45, 7) is 12.7. The lowest BCUT2D eigenvalue weighted by atomic mass is 9.99. The van der Waals surface area contributed by atoms with Crippen molar-refractivity contribution < 1.29 is 38.1 Å². The third-order valence-corrected chi connectivity index (χ3v) is 6.78. The van der Waals surface area contributed by atoms with E-state index >= 15 is 0 Å². The fraction of sp³-hybridized carbons (Fsp3) is 0.378. The van der Waals surface area contributed by atoms with Crippen molar-refractivity contribution in [1.29, 1.82) is 0 Å². The van der Waals surface area contributed by atoms with Gasteiger partial charge in [0, 0.05) is 36.1 Å². The molecule has 0 aliphatic heterocycles. The lowest BCUT2D eigenvalue weighted by molar-refractivity contribution is -0.136. The smallest absolute Gasteiger partial charge is 0.407 e. The van der Waals surface area contributed by atoms with Gasteiger partial charge < -0.3 is 39.7 Å². The molecule has 48 heavy (non-hydrogen) atoms. The minimum absolute atomic E-state index is 0.143. The number of ether oxygens (including phenoxy) is 3. The Labute approximate surface area is 280 Å². The van der Waals surface area contributed by atoms with Crippen LogP contribution in [0.25, 0.3) is 22.1 Å². The molecule has 0 unspecified atom stereocenters. The highest BCUT2D eigenvalue weighted by molar-refractivity contribution is 5.93. The van der Waals surface area contributed by atoms with Crippen LogP contribution in [-0.4, -0.2) is 47.6 Å². The molecule has 4 N–H and O–H groups in total. The molecule has 0 spiro atoms. The monoisotopic (exact) mass is 659 g/mol. The molecule has 11 heteroatoms. The van der Waals surface area contributed by atoms with Gasteiger partial charge >= 0.3 is 18.2 Å². The number of fused-ring (bicyclic) bond motifs is 1. The second kappa shape index (κ2) is 15.7. The highest BCUT2D eigenvalue weighted by atomic mass is 16.6. The Bertz CT molecular complexity index is 1730. The number of rotatable bonds is 13. The summed E-state index contributed by atoms with van der Waals surface area (Å²) in [6.07, 6.45) is -1.11. The first-order valence-corrected chi connectivity index (χ1v) is 15.9. The molecule has 0 aliphatic carbocycles. The van der Waals surface area contributed by atoms with Crippen molar-refractivity contribution in [2.45, 2.75) is 78.9 Å². The van der Waals surface area contributed by atoms with E-state index < -0.39 is 29.4 Å². The summed E-state index contributed by atoms with van der Waals surface area (Å²) in [4.78, 5) is 35.6. The van der Waals surface area contributed by atoms with Crippen molar-refractivity contribution in [3.63, 3.8) is 0 Å². The predicted molar refractivity (Wildman–Crippen MR) is 183 cm³/mol. The number of hydrogen-bond acceptors (Lipinski definition) is 8. The summed E-state index contributed by atoms with van der Waals surface area (Å²) >= 11 is 0.